The molecule has 0 bridgehead atoms. The number of benzene rings is 1. The van der Waals surface area contributed by atoms with Crippen LogP contribution >= 0.6 is 0 Å². The second-order valence-electron chi connectivity index (χ2n) is 4.69. The lowest BCUT2D eigenvalue weighted by Crippen LogP contribution is -2.47. The summed E-state index contributed by atoms with van der Waals surface area (Å²) >= 11 is 0. The van der Waals surface area contributed by atoms with Crippen molar-refractivity contribution >= 4 is 15.9 Å². The Morgan fingerprint density at radius 2 is 1.82 bits per heavy atom. The molecule has 2 heterocycles. The molecule has 90 valence electrons. The van der Waals surface area contributed by atoms with E-state index in [0.717, 1.165) is 18.7 Å². The van der Waals surface area contributed by atoms with E-state index in [1.54, 1.807) is 12.1 Å². The lowest BCUT2D eigenvalue weighted by Gasteiger charge is -2.37. The largest absolute Gasteiger partial charge is 0.317 e. The minimum Gasteiger partial charge on any atom is -0.317 e. The lowest BCUT2D eigenvalue weighted by molar-refractivity contribution is 0.437. The van der Waals surface area contributed by atoms with Crippen molar-refractivity contribution in [3.05, 3.63) is 35.9 Å². The highest BCUT2D eigenvalue weighted by atomic mass is 32.2. The van der Waals surface area contributed by atoms with Crippen molar-refractivity contribution in [3.8, 4) is 0 Å². The minimum absolute atomic E-state index is 0.490. The van der Waals surface area contributed by atoms with E-state index in [1.165, 1.54) is 0 Å². The zero-order chi connectivity index (χ0) is 11.9. The summed E-state index contributed by atoms with van der Waals surface area (Å²) in [4.78, 5) is 0.490. The van der Waals surface area contributed by atoms with Gasteiger partial charge < -0.3 is 5.32 Å². The molecular formula is C13H15NO2S. The molecule has 1 spiro atoms. The molecule has 0 unspecified atom stereocenters. The third-order valence-corrected chi connectivity index (χ3v) is 6.33. The van der Waals surface area contributed by atoms with Crippen LogP contribution in [0.5, 0.6) is 0 Å². The molecule has 0 amide bonds. The first-order valence-corrected chi connectivity index (χ1v) is 7.38. The molecule has 0 atom stereocenters. The zero-order valence-electron chi connectivity index (χ0n) is 9.52. The molecule has 4 heteroatoms. The van der Waals surface area contributed by atoms with Crippen molar-refractivity contribution in [1.29, 1.82) is 0 Å². The summed E-state index contributed by atoms with van der Waals surface area (Å²) in [5.41, 5.74) is 0.816. The third-order valence-electron chi connectivity index (χ3n) is 3.76. The molecule has 0 aliphatic carbocycles. The quantitative estimate of drug-likeness (QED) is 0.760. The summed E-state index contributed by atoms with van der Waals surface area (Å²) in [7, 11) is -3.23. The summed E-state index contributed by atoms with van der Waals surface area (Å²) in [5.74, 6) is 0. The van der Waals surface area contributed by atoms with Gasteiger partial charge >= 0.3 is 0 Å². The van der Waals surface area contributed by atoms with Crippen LogP contribution < -0.4 is 5.32 Å². The van der Waals surface area contributed by atoms with E-state index in [1.807, 2.05) is 24.3 Å². The smallest absolute Gasteiger partial charge is 0.188 e. The maximum Gasteiger partial charge on any atom is 0.188 e. The summed E-state index contributed by atoms with van der Waals surface area (Å²) in [6, 6.07) is 7.25. The van der Waals surface area contributed by atoms with Crippen molar-refractivity contribution in [2.45, 2.75) is 22.5 Å². The van der Waals surface area contributed by atoms with E-state index in [4.69, 9.17) is 0 Å². The molecular weight excluding hydrogens is 234 g/mol. The van der Waals surface area contributed by atoms with Crippen LogP contribution in [0.1, 0.15) is 18.4 Å². The second-order valence-corrected chi connectivity index (χ2v) is 6.95. The van der Waals surface area contributed by atoms with Crippen LogP contribution in [-0.4, -0.2) is 26.3 Å². The van der Waals surface area contributed by atoms with Crippen LogP contribution in [0.25, 0.3) is 6.08 Å². The molecule has 1 saturated heterocycles. The van der Waals surface area contributed by atoms with Gasteiger partial charge in [0.1, 0.15) is 0 Å². The molecule has 0 saturated carbocycles. The molecule has 3 rings (SSSR count). The van der Waals surface area contributed by atoms with E-state index < -0.39 is 14.6 Å². The Kier molecular flexibility index (Phi) is 2.38. The van der Waals surface area contributed by atoms with Gasteiger partial charge in [-0.25, -0.2) is 8.42 Å². The molecule has 2 aliphatic heterocycles. The highest BCUT2D eigenvalue weighted by Crippen LogP contribution is 2.40. The normalized spacial score (nSPS) is 24.5. The maximum atomic E-state index is 12.7. The predicted molar refractivity (Wildman–Crippen MR) is 67.5 cm³/mol. The molecule has 2 aliphatic rings. The summed E-state index contributed by atoms with van der Waals surface area (Å²) in [6.07, 6.45) is 5.19. The van der Waals surface area contributed by atoms with Crippen LogP contribution in [-0.2, 0) is 9.84 Å². The first-order valence-electron chi connectivity index (χ1n) is 5.89. The highest BCUT2D eigenvalue weighted by Gasteiger charge is 2.45. The molecule has 0 radical (unpaired) electrons. The van der Waals surface area contributed by atoms with Gasteiger partial charge in [0.05, 0.1) is 9.64 Å². The molecule has 1 fully saturated rings. The van der Waals surface area contributed by atoms with Crippen LogP contribution in [0.15, 0.2) is 35.2 Å². The van der Waals surface area contributed by atoms with Gasteiger partial charge in [0.25, 0.3) is 0 Å². The zero-order valence-corrected chi connectivity index (χ0v) is 10.3. The maximum absolute atomic E-state index is 12.7. The van der Waals surface area contributed by atoms with Crippen LogP contribution in [0.2, 0.25) is 0 Å². The summed E-state index contributed by atoms with van der Waals surface area (Å²) in [5, 5.41) is 3.22. The van der Waals surface area contributed by atoms with E-state index in [9.17, 15) is 8.42 Å². The van der Waals surface area contributed by atoms with Crippen LogP contribution in [0, 0.1) is 0 Å². The van der Waals surface area contributed by atoms with Gasteiger partial charge in [-0.3, -0.25) is 0 Å². The number of fused-ring (bicyclic) bond motifs is 1. The van der Waals surface area contributed by atoms with Gasteiger partial charge in [-0.2, -0.15) is 0 Å². The molecule has 1 N–H and O–H groups in total. The van der Waals surface area contributed by atoms with E-state index >= 15 is 0 Å². The van der Waals surface area contributed by atoms with Crippen molar-refractivity contribution in [2.24, 2.45) is 0 Å². The van der Waals surface area contributed by atoms with Gasteiger partial charge in [0.15, 0.2) is 9.84 Å². The van der Waals surface area contributed by atoms with Gasteiger partial charge in [0.2, 0.25) is 0 Å². The van der Waals surface area contributed by atoms with Crippen LogP contribution in [0.4, 0.5) is 0 Å². The predicted octanol–water partition coefficient (Wildman–Crippen LogP) is 1.61. The Balaban J connectivity index is 2.19. The summed E-state index contributed by atoms with van der Waals surface area (Å²) in [6.45, 7) is 1.54. The standard InChI is InChI=1S/C13H15NO2S/c15-17(16)12-4-2-1-3-11(12)5-6-13(17)7-9-14-10-8-13/h1-6,14H,7-10H2. The molecule has 3 nitrogen and oxygen atoms in total. The van der Waals surface area contributed by atoms with Crippen LogP contribution in [0.3, 0.4) is 0 Å². The van der Waals surface area contributed by atoms with Crippen molar-refractivity contribution in [2.75, 3.05) is 13.1 Å². The number of hydrogen-bond acceptors (Lipinski definition) is 3. The Morgan fingerprint density at radius 1 is 1.12 bits per heavy atom. The van der Waals surface area contributed by atoms with E-state index in [0.29, 0.717) is 17.7 Å². The fourth-order valence-electron chi connectivity index (χ4n) is 2.70. The molecule has 0 aromatic heterocycles. The molecule has 17 heavy (non-hydrogen) atoms. The number of sulfone groups is 1. The van der Waals surface area contributed by atoms with Crippen molar-refractivity contribution < 1.29 is 8.42 Å². The Hall–Kier alpha value is -1.13. The average molecular weight is 249 g/mol. The Labute approximate surface area is 101 Å². The fraction of sp³-hybridized carbons (Fsp3) is 0.385. The number of rotatable bonds is 0. The average Bonchev–Trinajstić information content (AvgIpc) is 2.36. The molecule has 1 aromatic carbocycles. The van der Waals surface area contributed by atoms with E-state index in [2.05, 4.69) is 5.32 Å². The topological polar surface area (TPSA) is 46.2 Å². The van der Waals surface area contributed by atoms with Gasteiger partial charge in [-0.15, -0.1) is 0 Å². The first kappa shape index (κ1) is 11.0. The van der Waals surface area contributed by atoms with Gasteiger partial charge in [0, 0.05) is 0 Å². The van der Waals surface area contributed by atoms with Gasteiger partial charge in [-0.05, 0) is 37.6 Å². The second kappa shape index (κ2) is 3.68. The number of piperidine rings is 1. The monoisotopic (exact) mass is 249 g/mol. The van der Waals surface area contributed by atoms with Crippen molar-refractivity contribution in [1.82, 2.24) is 5.32 Å². The Morgan fingerprint density at radius 3 is 2.59 bits per heavy atom. The Bertz CT molecular complexity index is 569. The third kappa shape index (κ3) is 1.47. The minimum atomic E-state index is -3.23. The SMILES string of the molecule is O=S1(=O)c2ccccc2C=CC12CCNCC2. The van der Waals surface area contributed by atoms with Crippen molar-refractivity contribution in [3.63, 3.8) is 0 Å². The summed E-state index contributed by atoms with van der Waals surface area (Å²) < 4.78 is 24.7. The number of nitrogens with one attached hydrogen (secondary N) is 1. The van der Waals surface area contributed by atoms with E-state index in [-0.39, 0.29) is 0 Å². The fourth-order valence-corrected chi connectivity index (χ4v) is 4.83. The van der Waals surface area contributed by atoms with Gasteiger partial charge in [-0.1, -0.05) is 30.4 Å². The first-order chi connectivity index (χ1) is 8.16. The lowest BCUT2D eigenvalue weighted by atomic mass is 9.95. The number of hydrogen-bond donors (Lipinski definition) is 1. The molecule has 1 aromatic rings. The highest BCUT2D eigenvalue weighted by molar-refractivity contribution is 7.93.